The number of nitrogens with one attached hydrogen (secondary N) is 1. The minimum absolute atomic E-state index is 0.0554. The molecule has 1 aliphatic rings. The quantitative estimate of drug-likeness (QED) is 0.320. The van der Waals surface area contributed by atoms with Crippen LogP contribution in [0.25, 0.3) is 11.8 Å². The molecule has 3 heterocycles. The van der Waals surface area contributed by atoms with E-state index in [-0.39, 0.29) is 45.7 Å². The molecule has 214 valence electrons. The summed E-state index contributed by atoms with van der Waals surface area (Å²) in [5, 5.41) is 6.41. The molecule has 1 fully saturated rings. The van der Waals surface area contributed by atoms with Crippen LogP contribution >= 0.6 is 0 Å². The van der Waals surface area contributed by atoms with Crippen molar-refractivity contribution in [1.82, 2.24) is 19.7 Å². The fourth-order valence-electron chi connectivity index (χ4n) is 4.10. The van der Waals surface area contributed by atoms with E-state index in [0.717, 1.165) is 22.9 Å². The third kappa shape index (κ3) is 6.31. The number of carbonyl (C=O) groups is 2. The molecular weight excluding hydrogens is 550 g/mol. The lowest BCUT2D eigenvalue weighted by molar-refractivity contribution is -0.129. The van der Waals surface area contributed by atoms with Crippen LogP contribution in [0.1, 0.15) is 15.9 Å². The largest absolute Gasteiger partial charge is 0.453 e. The van der Waals surface area contributed by atoms with Gasteiger partial charge in [0.1, 0.15) is 22.9 Å². The van der Waals surface area contributed by atoms with Crippen LogP contribution in [0.15, 0.2) is 77.9 Å². The number of amides is 2. The number of nitrogens with two attached hydrogens (primary N) is 1. The van der Waals surface area contributed by atoms with Gasteiger partial charge in [-0.1, -0.05) is 0 Å². The van der Waals surface area contributed by atoms with E-state index in [1.807, 2.05) is 0 Å². The molecule has 0 saturated carbocycles. The number of hydrogen-bond donors (Lipinski definition) is 2. The van der Waals surface area contributed by atoms with Crippen molar-refractivity contribution in [3.8, 4) is 17.2 Å². The molecule has 42 heavy (non-hydrogen) atoms. The van der Waals surface area contributed by atoms with Crippen molar-refractivity contribution in [2.24, 2.45) is 0 Å². The normalized spacial score (nSPS) is 13.2. The molecule has 0 unspecified atom stereocenters. The smallest absolute Gasteiger partial charge is 0.284 e. The maximum Gasteiger partial charge on any atom is 0.284 e. The van der Waals surface area contributed by atoms with E-state index in [2.05, 4.69) is 15.4 Å². The number of nitrogen functional groups attached to an aromatic ring is 1. The monoisotopic (exact) mass is 574 g/mol. The summed E-state index contributed by atoms with van der Waals surface area (Å²) in [4.78, 5) is 43.9. The van der Waals surface area contributed by atoms with Gasteiger partial charge in [-0.3, -0.25) is 14.4 Å². The van der Waals surface area contributed by atoms with Gasteiger partial charge in [-0.15, -0.1) is 0 Å². The van der Waals surface area contributed by atoms with Crippen LogP contribution < -0.4 is 21.3 Å². The highest BCUT2D eigenvalue weighted by Gasteiger charge is 2.18. The third-order valence-electron chi connectivity index (χ3n) is 6.27. The first kappa shape index (κ1) is 28.1. The SMILES string of the molecule is Nc1nccc(Oc2ccc(NC(=O)c3ccnn(-c4ccc(F)cc4)c3=O)cc2F)c1C=CC(=O)N1CCOCC1. The first-order chi connectivity index (χ1) is 20.3. The fraction of sp³-hybridized carbons (Fsp3) is 0.138. The first-order valence-corrected chi connectivity index (χ1v) is 12.7. The van der Waals surface area contributed by atoms with Crippen LogP contribution in [0, 0.1) is 11.6 Å². The standard InChI is InChI=1S/C29H24F2N6O5/c30-18-1-4-20(5-2-18)37-29(40)22(9-12-34-37)28(39)35-19-3-7-25(23(31)17-19)42-24-10-11-33-27(32)21(24)6-8-26(38)36-13-15-41-16-14-36/h1-12,17H,13-16H2,(H2,32,33)(H,35,39). The van der Waals surface area contributed by atoms with E-state index in [1.165, 1.54) is 60.9 Å². The van der Waals surface area contributed by atoms with Gasteiger partial charge in [0.15, 0.2) is 11.6 Å². The Morgan fingerprint density at radius 1 is 1.00 bits per heavy atom. The predicted molar refractivity (Wildman–Crippen MR) is 149 cm³/mol. The van der Waals surface area contributed by atoms with Gasteiger partial charge >= 0.3 is 0 Å². The summed E-state index contributed by atoms with van der Waals surface area (Å²) in [6.45, 7) is 1.84. The highest BCUT2D eigenvalue weighted by molar-refractivity contribution is 6.04. The Labute approximate surface area is 237 Å². The van der Waals surface area contributed by atoms with Gasteiger partial charge in [-0.2, -0.15) is 9.78 Å². The fourth-order valence-corrected chi connectivity index (χ4v) is 4.10. The molecule has 0 bridgehead atoms. The molecular formula is C29H24F2N6O5. The van der Waals surface area contributed by atoms with Crippen molar-refractivity contribution in [3.63, 3.8) is 0 Å². The number of halogens is 2. The number of benzene rings is 2. The Balaban J connectivity index is 1.31. The minimum atomic E-state index is -0.819. The van der Waals surface area contributed by atoms with Gasteiger partial charge in [-0.25, -0.2) is 13.8 Å². The first-order valence-electron chi connectivity index (χ1n) is 12.7. The summed E-state index contributed by atoms with van der Waals surface area (Å²) in [5.41, 5.74) is 5.60. The number of anilines is 2. The van der Waals surface area contributed by atoms with Gasteiger partial charge in [0.2, 0.25) is 5.91 Å². The minimum Gasteiger partial charge on any atom is -0.453 e. The van der Waals surface area contributed by atoms with Crippen molar-refractivity contribution in [3.05, 3.63) is 106 Å². The van der Waals surface area contributed by atoms with Crippen molar-refractivity contribution >= 4 is 29.4 Å². The number of ether oxygens (including phenoxy) is 2. The molecule has 0 spiro atoms. The van der Waals surface area contributed by atoms with Crippen LogP contribution in [0.5, 0.6) is 11.5 Å². The van der Waals surface area contributed by atoms with Crippen LogP contribution in [0.4, 0.5) is 20.3 Å². The third-order valence-corrected chi connectivity index (χ3v) is 6.27. The Kier molecular flexibility index (Phi) is 8.29. The second-order valence-electron chi connectivity index (χ2n) is 9.02. The maximum atomic E-state index is 15.1. The van der Waals surface area contributed by atoms with Crippen molar-refractivity contribution < 1.29 is 27.8 Å². The average molecular weight is 575 g/mol. The van der Waals surface area contributed by atoms with E-state index < -0.39 is 23.1 Å². The van der Waals surface area contributed by atoms with Crippen LogP contribution in [-0.2, 0) is 9.53 Å². The van der Waals surface area contributed by atoms with Gasteiger partial charge in [0.05, 0.1) is 24.5 Å². The molecule has 3 N–H and O–H groups in total. The summed E-state index contributed by atoms with van der Waals surface area (Å²) < 4.78 is 40.3. The van der Waals surface area contributed by atoms with Crippen LogP contribution in [0.3, 0.4) is 0 Å². The molecule has 0 radical (unpaired) electrons. The molecule has 2 aromatic heterocycles. The van der Waals surface area contributed by atoms with Crippen molar-refractivity contribution in [2.45, 2.75) is 0 Å². The Hall–Kier alpha value is -5.43. The lowest BCUT2D eigenvalue weighted by Crippen LogP contribution is -2.39. The molecule has 5 rings (SSSR count). The summed E-state index contributed by atoms with van der Waals surface area (Å²) in [6, 6.07) is 11.4. The van der Waals surface area contributed by atoms with E-state index in [0.29, 0.717) is 26.3 Å². The van der Waals surface area contributed by atoms with Gasteiger partial charge < -0.3 is 25.4 Å². The number of hydrogen-bond acceptors (Lipinski definition) is 8. The van der Waals surface area contributed by atoms with Gasteiger partial charge in [0, 0.05) is 43.3 Å². The average Bonchev–Trinajstić information content (AvgIpc) is 2.99. The predicted octanol–water partition coefficient (Wildman–Crippen LogP) is 3.40. The summed E-state index contributed by atoms with van der Waals surface area (Å²) >= 11 is 0. The molecule has 1 saturated heterocycles. The zero-order valence-electron chi connectivity index (χ0n) is 22.0. The summed E-state index contributed by atoms with van der Waals surface area (Å²) in [7, 11) is 0. The Bertz CT molecular complexity index is 1720. The van der Waals surface area contributed by atoms with Crippen LogP contribution in [0.2, 0.25) is 0 Å². The molecule has 0 atom stereocenters. The van der Waals surface area contributed by atoms with E-state index in [9.17, 15) is 18.8 Å². The number of pyridine rings is 1. The number of aromatic nitrogens is 3. The molecule has 2 amide bonds. The zero-order valence-corrected chi connectivity index (χ0v) is 22.0. The number of nitrogens with zero attached hydrogens (tertiary/aromatic N) is 4. The second-order valence-corrected chi connectivity index (χ2v) is 9.02. The van der Waals surface area contributed by atoms with E-state index >= 15 is 4.39 Å². The number of carbonyl (C=O) groups excluding carboxylic acids is 2. The molecule has 0 aliphatic carbocycles. The highest BCUT2D eigenvalue weighted by atomic mass is 19.1. The molecule has 1 aliphatic heterocycles. The number of morpholine rings is 1. The molecule has 2 aromatic carbocycles. The van der Waals surface area contributed by atoms with Crippen molar-refractivity contribution in [2.75, 3.05) is 37.4 Å². The highest BCUT2D eigenvalue weighted by Crippen LogP contribution is 2.32. The Morgan fingerprint density at radius 2 is 1.76 bits per heavy atom. The van der Waals surface area contributed by atoms with Gasteiger partial charge in [0.25, 0.3) is 11.5 Å². The van der Waals surface area contributed by atoms with Crippen molar-refractivity contribution in [1.29, 1.82) is 0 Å². The summed E-state index contributed by atoms with van der Waals surface area (Å²) in [6.07, 6.45) is 5.42. The summed E-state index contributed by atoms with van der Waals surface area (Å²) in [5.74, 6) is -2.30. The number of rotatable bonds is 7. The van der Waals surface area contributed by atoms with Gasteiger partial charge in [-0.05, 0) is 54.6 Å². The molecule has 4 aromatic rings. The topological polar surface area (TPSA) is 142 Å². The molecule has 11 nitrogen and oxygen atoms in total. The molecule has 13 heteroatoms. The van der Waals surface area contributed by atoms with E-state index in [4.69, 9.17) is 15.2 Å². The lowest BCUT2D eigenvalue weighted by atomic mass is 10.2. The second kappa shape index (κ2) is 12.4. The maximum absolute atomic E-state index is 15.1. The Morgan fingerprint density at radius 3 is 2.50 bits per heavy atom. The van der Waals surface area contributed by atoms with E-state index in [1.54, 1.807) is 4.90 Å². The lowest BCUT2D eigenvalue weighted by Gasteiger charge is -2.25. The zero-order chi connectivity index (χ0) is 29.6. The van der Waals surface area contributed by atoms with Crippen LogP contribution in [-0.4, -0.2) is 57.8 Å².